The molecule has 2 aromatic rings. The summed E-state index contributed by atoms with van der Waals surface area (Å²) in [5.41, 5.74) is 1.93. The Morgan fingerprint density at radius 3 is 3.06 bits per heavy atom. The highest BCUT2D eigenvalue weighted by Gasteiger charge is 2.19. The fraction of sp³-hybridized carbons (Fsp3) is 0.417. The topological polar surface area (TPSA) is 52.8 Å². The van der Waals surface area contributed by atoms with E-state index in [1.54, 1.807) is 12.5 Å². The third-order valence-corrected chi connectivity index (χ3v) is 3.79. The van der Waals surface area contributed by atoms with E-state index < -0.39 is 0 Å². The first-order chi connectivity index (χ1) is 8.84. The first-order valence-corrected chi connectivity index (χ1v) is 7.05. The molecule has 18 heavy (non-hydrogen) atoms. The highest BCUT2D eigenvalue weighted by Crippen LogP contribution is 2.27. The second kappa shape index (κ2) is 5.31. The van der Waals surface area contributed by atoms with Crippen LogP contribution in [0.2, 0.25) is 0 Å². The van der Waals surface area contributed by atoms with E-state index in [4.69, 9.17) is 4.74 Å². The quantitative estimate of drug-likeness (QED) is 0.777. The Morgan fingerprint density at radius 1 is 1.39 bits per heavy atom. The fourth-order valence-electron chi connectivity index (χ4n) is 2.07. The molecule has 0 N–H and O–H groups in total. The predicted molar refractivity (Wildman–Crippen MR) is 74.8 cm³/mol. The average Bonchev–Trinajstić information content (AvgIpc) is 2.83. The molecule has 6 heteroatoms. The van der Waals surface area contributed by atoms with Gasteiger partial charge in [0.2, 0.25) is 0 Å². The second-order valence-corrected chi connectivity index (χ2v) is 5.25. The van der Waals surface area contributed by atoms with Crippen molar-refractivity contribution in [3.8, 4) is 11.3 Å². The van der Waals surface area contributed by atoms with Crippen molar-refractivity contribution >= 4 is 22.6 Å². The van der Waals surface area contributed by atoms with Crippen molar-refractivity contribution in [3.63, 3.8) is 0 Å². The number of hydrogen-bond acceptors (Lipinski definition) is 4. The highest BCUT2D eigenvalue weighted by molar-refractivity contribution is 14.1. The van der Waals surface area contributed by atoms with Gasteiger partial charge in [-0.25, -0.2) is 14.6 Å². The summed E-state index contributed by atoms with van der Waals surface area (Å²) in [5, 5.41) is 4.53. The summed E-state index contributed by atoms with van der Waals surface area (Å²) in [6, 6.07) is 1.89. The number of nitrogens with zero attached hydrogens (tertiary/aromatic N) is 4. The monoisotopic (exact) mass is 356 g/mol. The maximum Gasteiger partial charge on any atom is 0.150 e. The van der Waals surface area contributed by atoms with E-state index in [9.17, 15) is 0 Å². The van der Waals surface area contributed by atoms with Crippen LogP contribution in [0.5, 0.6) is 0 Å². The Labute approximate surface area is 119 Å². The van der Waals surface area contributed by atoms with Gasteiger partial charge in [-0.3, -0.25) is 0 Å². The fourth-order valence-corrected chi connectivity index (χ4v) is 2.74. The molecular weight excluding hydrogens is 343 g/mol. The van der Waals surface area contributed by atoms with E-state index in [1.165, 1.54) is 6.42 Å². The zero-order chi connectivity index (χ0) is 12.4. The maximum atomic E-state index is 5.73. The molecule has 1 aliphatic heterocycles. The van der Waals surface area contributed by atoms with Gasteiger partial charge in [-0.1, -0.05) is 0 Å². The first kappa shape index (κ1) is 12.0. The van der Waals surface area contributed by atoms with E-state index in [2.05, 4.69) is 37.7 Å². The van der Waals surface area contributed by atoms with Gasteiger partial charge in [-0.05, 0) is 47.9 Å². The Balaban J connectivity index is 1.91. The van der Waals surface area contributed by atoms with Crippen molar-refractivity contribution in [2.24, 2.45) is 0 Å². The molecule has 5 nitrogen and oxygen atoms in total. The van der Waals surface area contributed by atoms with Crippen LogP contribution < -0.4 is 0 Å². The van der Waals surface area contributed by atoms with Crippen molar-refractivity contribution in [2.75, 3.05) is 6.61 Å². The minimum Gasteiger partial charge on any atom is -0.357 e. The molecule has 1 atom stereocenters. The third-order valence-electron chi connectivity index (χ3n) is 3.00. The van der Waals surface area contributed by atoms with Crippen molar-refractivity contribution in [2.45, 2.75) is 25.5 Å². The summed E-state index contributed by atoms with van der Waals surface area (Å²) in [4.78, 5) is 8.19. The molecular formula is C12H13IN4O. The number of rotatable bonds is 2. The molecule has 1 fully saturated rings. The molecule has 94 valence electrons. The maximum absolute atomic E-state index is 5.73. The van der Waals surface area contributed by atoms with Gasteiger partial charge in [0.15, 0.2) is 0 Å². The molecule has 0 aliphatic carbocycles. The van der Waals surface area contributed by atoms with Gasteiger partial charge >= 0.3 is 0 Å². The number of hydrogen-bond donors (Lipinski definition) is 0. The minimum absolute atomic E-state index is 0.0721. The number of ether oxygens (including phenoxy) is 1. The summed E-state index contributed by atoms with van der Waals surface area (Å²) in [7, 11) is 0. The van der Waals surface area contributed by atoms with Crippen LogP contribution in [0.4, 0.5) is 0 Å². The molecule has 0 aromatic carbocycles. The van der Waals surface area contributed by atoms with E-state index in [1.807, 2.05) is 16.9 Å². The molecule has 0 spiro atoms. The zero-order valence-corrected chi connectivity index (χ0v) is 11.9. The van der Waals surface area contributed by atoms with Gasteiger partial charge in [0, 0.05) is 19.0 Å². The molecule has 0 bridgehead atoms. The first-order valence-electron chi connectivity index (χ1n) is 5.97. The highest BCUT2D eigenvalue weighted by atomic mass is 127. The SMILES string of the molecule is Ic1nn([C@@H]2CCCCO2)cc1-c1ccncn1. The van der Waals surface area contributed by atoms with Gasteiger partial charge in [0.25, 0.3) is 0 Å². The van der Waals surface area contributed by atoms with E-state index in [0.717, 1.165) is 34.4 Å². The normalized spacial score (nSPS) is 19.9. The zero-order valence-electron chi connectivity index (χ0n) is 9.79. The molecule has 0 saturated carbocycles. The minimum atomic E-state index is 0.0721. The van der Waals surface area contributed by atoms with Crippen LogP contribution in [0.25, 0.3) is 11.3 Å². The van der Waals surface area contributed by atoms with Crippen LogP contribution in [0, 0.1) is 3.70 Å². The van der Waals surface area contributed by atoms with Crippen LogP contribution in [0.3, 0.4) is 0 Å². The Kier molecular flexibility index (Phi) is 3.55. The lowest BCUT2D eigenvalue weighted by Crippen LogP contribution is -2.18. The molecule has 3 rings (SSSR count). The molecule has 0 amide bonds. The largest absolute Gasteiger partial charge is 0.357 e. The van der Waals surface area contributed by atoms with Crippen molar-refractivity contribution < 1.29 is 4.74 Å². The number of aromatic nitrogens is 4. The molecule has 0 radical (unpaired) electrons. The molecule has 1 aliphatic rings. The summed E-state index contributed by atoms with van der Waals surface area (Å²) in [5.74, 6) is 0. The smallest absolute Gasteiger partial charge is 0.150 e. The van der Waals surface area contributed by atoms with Crippen LogP contribution in [-0.4, -0.2) is 26.4 Å². The molecule has 3 heterocycles. The van der Waals surface area contributed by atoms with Gasteiger partial charge in [-0.2, -0.15) is 5.10 Å². The Morgan fingerprint density at radius 2 is 2.33 bits per heavy atom. The molecule has 1 saturated heterocycles. The van der Waals surface area contributed by atoms with Gasteiger partial charge in [-0.15, -0.1) is 0 Å². The van der Waals surface area contributed by atoms with Crippen LogP contribution in [-0.2, 0) is 4.74 Å². The summed E-state index contributed by atoms with van der Waals surface area (Å²) >= 11 is 2.23. The van der Waals surface area contributed by atoms with Crippen molar-refractivity contribution in [3.05, 3.63) is 28.5 Å². The lowest BCUT2D eigenvalue weighted by Gasteiger charge is -2.22. The predicted octanol–water partition coefficient (Wildman–Crippen LogP) is 2.64. The Bertz CT molecular complexity index is 522. The summed E-state index contributed by atoms with van der Waals surface area (Å²) < 4.78 is 8.59. The lowest BCUT2D eigenvalue weighted by atomic mass is 10.2. The second-order valence-electron chi connectivity index (χ2n) is 4.23. The van der Waals surface area contributed by atoms with E-state index in [-0.39, 0.29) is 6.23 Å². The average molecular weight is 356 g/mol. The molecule has 0 unspecified atom stereocenters. The summed E-state index contributed by atoms with van der Waals surface area (Å²) in [6.45, 7) is 0.823. The van der Waals surface area contributed by atoms with Gasteiger partial charge in [0.05, 0.1) is 11.3 Å². The van der Waals surface area contributed by atoms with E-state index >= 15 is 0 Å². The Hall–Kier alpha value is -1.02. The van der Waals surface area contributed by atoms with Crippen molar-refractivity contribution in [1.82, 2.24) is 19.7 Å². The van der Waals surface area contributed by atoms with Crippen molar-refractivity contribution in [1.29, 1.82) is 0 Å². The summed E-state index contributed by atoms with van der Waals surface area (Å²) in [6.07, 6.45) is 8.76. The van der Waals surface area contributed by atoms with Gasteiger partial charge in [0.1, 0.15) is 16.3 Å². The van der Waals surface area contributed by atoms with Gasteiger partial charge < -0.3 is 4.74 Å². The standard InChI is InChI=1S/C12H13IN4O/c13-12-9(10-4-5-14-8-15-10)7-17(16-12)11-3-1-2-6-18-11/h4-5,7-8,11H,1-3,6H2/t11-/m0/s1. The van der Waals surface area contributed by atoms with Crippen LogP contribution >= 0.6 is 22.6 Å². The lowest BCUT2D eigenvalue weighted by molar-refractivity contribution is -0.0396. The molecule has 2 aromatic heterocycles. The van der Waals surface area contributed by atoms with E-state index in [0.29, 0.717) is 0 Å². The number of halogens is 1. The third kappa shape index (κ3) is 2.39. The van der Waals surface area contributed by atoms with Crippen LogP contribution in [0.1, 0.15) is 25.5 Å². The van der Waals surface area contributed by atoms with Crippen LogP contribution in [0.15, 0.2) is 24.8 Å².